The molecule has 0 radical (unpaired) electrons. The van der Waals surface area contributed by atoms with Gasteiger partial charge in [-0.25, -0.2) is 4.39 Å². The maximum absolute atomic E-state index is 13.1. The number of hydrogen-bond donors (Lipinski definition) is 1. The molecular weight excluding hydrogens is 400 g/mol. The van der Waals surface area contributed by atoms with Gasteiger partial charge in [0.2, 0.25) is 0 Å². The van der Waals surface area contributed by atoms with Crippen LogP contribution in [0.15, 0.2) is 45.3 Å². The first kappa shape index (κ1) is 14.5. The third kappa shape index (κ3) is 3.55. The minimum absolute atomic E-state index is 0.294. The fourth-order valence-corrected chi connectivity index (χ4v) is 2.29. The van der Waals surface area contributed by atoms with E-state index in [4.69, 9.17) is 11.6 Å². The minimum Gasteiger partial charge on any atom is -0.322 e. The van der Waals surface area contributed by atoms with E-state index in [1.54, 1.807) is 18.2 Å². The Kier molecular flexibility index (Phi) is 4.60. The van der Waals surface area contributed by atoms with Crippen molar-refractivity contribution >= 4 is 55.1 Å². The molecule has 0 aliphatic heterocycles. The van der Waals surface area contributed by atoms with Crippen molar-refractivity contribution in [1.82, 2.24) is 0 Å². The Labute approximate surface area is 131 Å². The van der Waals surface area contributed by atoms with Crippen LogP contribution >= 0.6 is 43.5 Å². The predicted octanol–water partition coefficient (Wildman–Crippen LogP) is 5.26. The first-order valence-electron chi connectivity index (χ1n) is 5.19. The molecule has 2 aromatic carbocycles. The van der Waals surface area contributed by atoms with Gasteiger partial charge in [-0.1, -0.05) is 11.6 Å². The molecule has 0 aromatic heterocycles. The summed E-state index contributed by atoms with van der Waals surface area (Å²) in [7, 11) is 0. The number of nitrogens with one attached hydrogen (secondary N) is 1. The van der Waals surface area contributed by atoms with Crippen molar-refractivity contribution in [3.8, 4) is 0 Å². The van der Waals surface area contributed by atoms with Gasteiger partial charge in [0.1, 0.15) is 5.82 Å². The van der Waals surface area contributed by atoms with E-state index in [0.717, 1.165) is 0 Å². The molecule has 1 amide bonds. The van der Waals surface area contributed by atoms with Crippen LogP contribution in [-0.4, -0.2) is 5.91 Å². The Morgan fingerprint density at radius 1 is 1.11 bits per heavy atom. The van der Waals surface area contributed by atoms with E-state index >= 15 is 0 Å². The van der Waals surface area contributed by atoms with Crippen molar-refractivity contribution in [2.24, 2.45) is 0 Å². The molecule has 6 heteroatoms. The number of hydrogen-bond acceptors (Lipinski definition) is 1. The van der Waals surface area contributed by atoms with E-state index < -0.39 is 0 Å². The third-order valence-corrected chi connectivity index (χ3v) is 4.18. The second-order valence-electron chi connectivity index (χ2n) is 3.71. The highest BCUT2D eigenvalue weighted by molar-refractivity contribution is 9.10. The number of carbonyl (C=O) groups is 1. The molecule has 0 bridgehead atoms. The number of amides is 1. The first-order chi connectivity index (χ1) is 8.97. The lowest BCUT2D eigenvalue weighted by molar-refractivity contribution is 0.102. The maximum Gasteiger partial charge on any atom is 0.255 e. The van der Waals surface area contributed by atoms with Crippen LogP contribution in [0.25, 0.3) is 0 Å². The minimum atomic E-state index is -0.382. The summed E-state index contributed by atoms with van der Waals surface area (Å²) in [6.45, 7) is 0. The molecular formula is C13H7Br2ClFNO. The summed E-state index contributed by atoms with van der Waals surface area (Å²) in [4.78, 5) is 12.0. The van der Waals surface area contributed by atoms with Gasteiger partial charge in [-0.15, -0.1) is 0 Å². The molecule has 0 aliphatic carbocycles. The maximum atomic E-state index is 13.1. The molecule has 0 fully saturated rings. The standard InChI is InChI=1S/C13H7Br2ClFNO/c14-9-5-7(1-3-11(9)16)13(19)18-8-2-4-12(17)10(15)6-8/h1-6H,(H,18,19). The topological polar surface area (TPSA) is 29.1 Å². The van der Waals surface area contributed by atoms with E-state index in [9.17, 15) is 9.18 Å². The fourth-order valence-electron chi connectivity index (χ4n) is 1.41. The molecule has 0 unspecified atom stereocenters. The highest BCUT2D eigenvalue weighted by Crippen LogP contribution is 2.24. The zero-order chi connectivity index (χ0) is 14.0. The molecule has 0 aliphatic rings. The molecule has 19 heavy (non-hydrogen) atoms. The van der Waals surface area contributed by atoms with Gasteiger partial charge in [0.25, 0.3) is 5.91 Å². The van der Waals surface area contributed by atoms with E-state index in [2.05, 4.69) is 37.2 Å². The second-order valence-corrected chi connectivity index (χ2v) is 5.83. The van der Waals surface area contributed by atoms with Crippen molar-refractivity contribution in [2.45, 2.75) is 0 Å². The van der Waals surface area contributed by atoms with Crippen LogP contribution in [0.4, 0.5) is 10.1 Å². The molecule has 98 valence electrons. The van der Waals surface area contributed by atoms with Gasteiger partial charge in [-0.2, -0.15) is 0 Å². The Morgan fingerprint density at radius 3 is 2.47 bits per heavy atom. The zero-order valence-electron chi connectivity index (χ0n) is 9.38. The number of anilines is 1. The fraction of sp³-hybridized carbons (Fsp3) is 0. The SMILES string of the molecule is O=C(Nc1ccc(F)c(Br)c1)c1ccc(Cl)c(Br)c1. The highest BCUT2D eigenvalue weighted by atomic mass is 79.9. The third-order valence-electron chi connectivity index (χ3n) is 2.36. The molecule has 0 atom stereocenters. The monoisotopic (exact) mass is 405 g/mol. The van der Waals surface area contributed by atoms with Gasteiger partial charge in [0.15, 0.2) is 0 Å². The van der Waals surface area contributed by atoms with Crippen LogP contribution in [0.1, 0.15) is 10.4 Å². The lowest BCUT2D eigenvalue weighted by Crippen LogP contribution is -2.11. The second kappa shape index (κ2) is 6.03. The van der Waals surface area contributed by atoms with Crippen LogP contribution in [-0.2, 0) is 0 Å². The number of halogens is 4. The van der Waals surface area contributed by atoms with Crippen LogP contribution in [0.2, 0.25) is 5.02 Å². The lowest BCUT2D eigenvalue weighted by Gasteiger charge is -2.07. The summed E-state index contributed by atoms with van der Waals surface area (Å²) >= 11 is 12.2. The Hall–Kier alpha value is -0.910. The van der Waals surface area contributed by atoms with Crippen LogP contribution < -0.4 is 5.32 Å². The normalized spacial score (nSPS) is 10.3. The van der Waals surface area contributed by atoms with Crippen molar-refractivity contribution in [3.63, 3.8) is 0 Å². The zero-order valence-corrected chi connectivity index (χ0v) is 13.3. The van der Waals surface area contributed by atoms with E-state index in [-0.39, 0.29) is 11.7 Å². The predicted molar refractivity (Wildman–Crippen MR) is 81.2 cm³/mol. The molecule has 2 aromatic rings. The molecule has 2 nitrogen and oxygen atoms in total. The highest BCUT2D eigenvalue weighted by Gasteiger charge is 2.09. The summed E-state index contributed by atoms with van der Waals surface area (Å²) < 4.78 is 14.0. The number of rotatable bonds is 2. The number of carbonyl (C=O) groups excluding carboxylic acids is 1. The molecule has 2 rings (SSSR count). The van der Waals surface area contributed by atoms with Gasteiger partial charge >= 0.3 is 0 Å². The van der Waals surface area contributed by atoms with E-state index in [1.807, 2.05) is 0 Å². The smallest absolute Gasteiger partial charge is 0.255 e. The van der Waals surface area contributed by atoms with Crippen molar-refractivity contribution in [2.75, 3.05) is 5.32 Å². The molecule has 0 saturated carbocycles. The number of benzene rings is 2. The summed E-state index contributed by atoms with van der Waals surface area (Å²) in [5, 5.41) is 3.20. The summed E-state index contributed by atoms with van der Waals surface area (Å²) in [6.07, 6.45) is 0. The van der Waals surface area contributed by atoms with Gasteiger partial charge in [0, 0.05) is 15.7 Å². The van der Waals surface area contributed by atoms with Gasteiger partial charge in [0.05, 0.1) is 9.50 Å². The molecule has 0 saturated heterocycles. The van der Waals surface area contributed by atoms with Crippen molar-refractivity contribution in [3.05, 3.63) is 61.7 Å². The molecule has 0 heterocycles. The largest absolute Gasteiger partial charge is 0.322 e. The van der Waals surface area contributed by atoms with Crippen LogP contribution in [0.3, 0.4) is 0 Å². The summed E-state index contributed by atoms with van der Waals surface area (Å²) in [5.41, 5.74) is 0.959. The lowest BCUT2D eigenvalue weighted by atomic mass is 10.2. The van der Waals surface area contributed by atoms with Crippen LogP contribution in [0.5, 0.6) is 0 Å². The average Bonchev–Trinajstić information content (AvgIpc) is 2.37. The van der Waals surface area contributed by atoms with Crippen molar-refractivity contribution < 1.29 is 9.18 Å². The Morgan fingerprint density at radius 2 is 1.84 bits per heavy atom. The van der Waals surface area contributed by atoms with Gasteiger partial charge in [-0.3, -0.25) is 4.79 Å². The summed E-state index contributed by atoms with van der Waals surface area (Å²) in [6, 6.07) is 9.12. The summed E-state index contributed by atoms with van der Waals surface area (Å²) in [5.74, 6) is -0.678. The van der Waals surface area contributed by atoms with Crippen molar-refractivity contribution in [1.29, 1.82) is 0 Å². The Bertz CT molecular complexity index is 649. The first-order valence-corrected chi connectivity index (χ1v) is 7.15. The Balaban J connectivity index is 2.20. The molecule has 1 N–H and O–H groups in total. The average molecular weight is 407 g/mol. The van der Waals surface area contributed by atoms with Gasteiger partial charge < -0.3 is 5.32 Å². The van der Waals surface area contributed by atoms with E-state index in [1.165, 1.54) is 18.2 Å². The quantitative estimate of drug-likeness (QED) is 0.723. The van der Waals surface area contributed by atoms with E-state index in [0.29, 0.717) is 25.2 Å². The van der Waals surface area contributed by atoms with Gasteiger partial charge in [-0.05, 0) is 68.3 Å². The van der Waals surface area contributed by atoms with Crippen LogP contribution in [0, 0.1) is 5.82 Å². The molecule has 0 spiro atoms.